The van der Waals surface area contributed by atoms with Crippen molar-refractivity contribution >= 4 is 5.97 Å². The van der Waals surface area contributed by atoms with E-state index in [4.69, 9.17) is 5.11 Å². The average Bonchev–Trinajstić information content (AvgIpc) is 2.23. The fourth-order valence-corrected chi connectivity index (χ4v) is 2.18. The lowest BCUT2D eigenvalue weighted by atomic mass is 9.85. The summed E-state index contributed by atoms with van der Waals surface area (Å²) in [6.45, 7) is -0.700. The van der Waals surface area contributed by atoms with Crippen LogP contribution in [-0.4, -0.2) is 41.0 Å². The largest absolute Gasteiger partial charge is 0.481 e. The first-order valence-corrected chi connectivity index (χ1v) is 5.97. The number of carboxylic acids is 1. The highest BCUT2D eigenvalue weighted by atomic mass is 19.4. The molecule has 0 aliphatic heterocycles. The molecular formula is C11H18F3NO3. The van der Waals surface area contributed by atoms with Crippen LogP contribution in [0.3, 0.4) is 0 Å². The molecule has 1 fully saturated rings. The van der Waals surface area contributed by atoms with Crippen LogP contribution < -0.4 is 5.32 Å². The molecule has 7 heteroatoms. The molecule has 0 spiro atoms. The number of carboxylic acid groups (broad SMARTS) is 1. The van der Waals surface area contributed by atoms with Gasteiger partial charge < -0.3 is 15.5 Å². The van der Waals surface area contributed by atoms with Gasteiger partial charge in [-0.1, -0.05) is 19.3 Å². The third-order valence-electron chi connectivity index (χ3n) is 3.28. The molecule has 1 aliphatic carbocycles. The van der Waals surface area contributed by atoms with Gasteiger partial charge in [-0.3, -0.25) is 4.79 Å². The highest BCUT2D eigenvalue weighted by Gasteiger charge is 2.45. The Bertz CT molecular complexity index is 288. The van der Waals surface area contributed by atoms with Crippen molar-refractivity contribution in [2.24, 2.45) is 5.92 Å². The predicted molar refractivity (Wildman–Crippen MR) is 58.1 cm³/mol. The van der Waals surface area contributed by atoms with Gasteiger partial charge in [-0.05, 0) is 12.8 Å². The maximum absolute atomic E-state index is 12.3. The van der Waals surface area contributed by atoms with Gasteiger partial charge in [-0.15, -0.1) is 0 Å². The van der Waals surface area contributed by atoms with Crippen LogP contribution >= 0.6 is 0 Å². The molecule has 4 nitrogen and oxygen atoms in total. The molecule has 0 heterocycles. The zero-order valence-corrected chi connectivity index (χ0v) is 9.96. The first-order valence-electron chi connectivity index (χ1n) is 5.97. The summed E-state index contributed by atoms with van der Waals surface area (Å²) in [5, 5.41) is 21.0. The van der Waals surface area contributed by atoms with Crippen molar-refractivity contribution in [1.29, 1.82) is 0 Å². The summed E-state index contributed by atoms with van der Waals surface area (Å²) in [5.41, 5.74) is -0.993. The highest BCUT2D eigenvalue weighted by Crippen LogP contribution is 2.28. The summed E-state index contributed by atoms with van der Waals surface area (Å²) < 4.78 is 37.0. The van der Waals surface area contributed by atoms with Crippen LogP contribution in [0.25, 0.3) is 0 Å². The van der Waals surface area contributed by atoms with E-state index in [-0.39, 0.29) is 6.54 Å². The van der Waals surface area contributed by atoms with Crippen molar-refractivity contribution in [2.45, 2.75) is 43.9 Å². The SMILES string of the molecule is O=C(O)C(CNCC1(O)CCCCC1)C(F)(F)F. The van der Waals surface area contributed by atoms with Crippen LogP contribution in [0.2, 0.25) is 0 Å². The maximum atomic E-state index is 12.3. The molecule has 0 saturated heterocycles. The van der Waals surface area contributed by atoms with E-state index >= 15 is 0 Å². The van der Waals surface area contributed by atoms with E-state index in [1.54, 1.807) is 0 Å². The molecule has 0 aromatic heterocycles. The molecule has 1 atom stereocenters. The van der Waals surface area contributed by atoms with Crippen molar-refractivity contribution in [3.05, 3.63) is 0 Å². The van der Waals surface area contributed by atoms with E-state index < -0.39 is 30.2 Å². The van der Waals surface area contributed by atoms with Crippen LogP contribution in [0.1, 0.15) is 32.1 Å². The number of halogens is 3. The van der Waals surface area contributed by atoms with E-state index in [2.05, 4.69) is 5.32 Å². The van der Waals surface area contributed by atoms with Crippen LogP contribution in [0.5, 0.6) is 0 Å². The molecular weight excluding hydrogens is 251 g/mol. The van der Waals surface area contributed by atoms with Gasteiger partial charge in [0.1, 0.15) is 0 Å². The number of aliphatic carboxylic acids is 1. The summed E-state index contributed by atoms with van der Waals surface area (Å²) in [6, 6.07) is 0. The van der Waals surface area contributed by atoms with Crippen LogP contribution in [0, 0.1) is 5.92 Å². The number of carbonyl (C=O) groups is 1. The Kier molecular flexibility index (Phi) is 4.98. The van der Waals surface area contributed by atoms with Gasteiger partial charge in [0.25, 0.3) is 0 Å². The number of alkyl halides is 3. The Hall–Kier alpha value is -0.820. The Morgan fingerprint density at radius 1 is 1.28 bits per heavy atom. The van der Waals surface area contributed by atoms with Crippen molar-refractivity contribution < 1.29 is 28.2 Å². The van der Waals surface area contributed by atoms with Gasteiger partial charge in [0, 0.05) is 13.1 Å². The lowest BCUT2D eigenvalue weighted by Crippen LogP contribution is -2.46. The molecule has 1 saturated carbocycles. The molecule has 0 bridgehead atoms. The second-order valence-corrected chi connectivity index (χ2v) is 4.85. The van der Waals surface area contributed by atoms with Gasteiger partial charge in [-0.2, -0.15) is 13.2 Å². The summed E-state index contributed by atoms with van der Waals surface area (Å²) in [6.07, 6.45) is -0.968. The highest BCUT2D eigenvalue weighted by molar-refractivity contribution is 5.71. The number of nitrogens with one attached hydrogen (secondary N) is 1. The van der Waals surface area contributed by atoms with E-state index in [0.29, 0.717) is 12.8 Å². The third kappa shape index (κ3) is 4.45. The van der Waals surface area contributed by atoms with Crippen molar-refractivity contribution in [3.8, 4) is 0 Å². The molecule has 0 amide bonds. The molecule has 106 valence electrons. The zero-order chi connectivity index (χ0) is 13.8. The number of hydrogen-bond donors (Lipinski definition) is 3. The first kappa shape index (κ1) is 15.2. The molecule has 3 N–H and O–H groups in total. The summed E-state index contributed by atoms with van der Waals surface area (Å²) >= 11 is 0. The van der Waals surface area contributed by atoms with Gasteiger partial charge >= 0.3 is 12.1 Å². The fourth-order valence-electron chi connectivity index (χ4n) is 2.18. The smallest absolute Gasteiger partial charge is 0.403 e. The Morgan fingerprint density at radius 3 is 2.28 bits per heavy atom. The van der Waals surface area contributed by atoms with E-state index in [1.807, 2.05) is 0 Å². The maximum Gasteiger partial charge on any atom is 0.403 e. The third-order valence-corrected chi connectivity index (χ3v) is 3.28. The number of aliphatic hydroxyl groups is 1. The number of hydrogen-bond acceptors (Lipinski definition) is 3. The van der Waals surface area contributed by atoms with Crippen LogP contribution in [-0.2, 0) is 4.79 Å². The quantitative estimate of drug-likeness (QED) is 0.708. The molecule has 0 aromatic carbocycles. The zero-order valence-electron chi connectivity index (χ0n) is 9.96. The molecule has 0 radical (unpaired) electrons. The lowest BCUT2D eigenvalue weighted by Gasteiger charge is -2.32. The molecule has 1 rings (SSSR count). The van der Waals surface area contributed by atoms with E-state index in [9.17, 15) is 23.1 Å². The van der Waals surface area contributed by atoms with Gasteiger partial charge in [0.15, 0.2) is 5.92 Å². The topological polar surface area (TPSA) is 69.6 Å². The van der Waals surface area contributed by atoms with Crippen LogP contribution in [0.15, 0.2) is 0 Å². The lowest BCUT2D eigenvalue weighted by molar-refractivity contribution is -0.192. The Balaban J connectivity index is 2.41. The van der Waals surface area contributed by atoms with Crippen LogP contribution in [0.4, 0.5) is 13.2 Å². The van der Waals surface area contributed by atoms with Gasteiger partial charge in [-0.25, -0.2) is 0 Å². The van der Waals surface area contributed by atoms with Crippen molar-refractivity contribution in [2.75, 3.05) is 13.1 Å². The second kappa shape index (κ2) is 5.88. The summed E-state index contributed by atoms with van der Waals surface area (Å²) in [5.74, 6) is -4.32. The molecule has 1 unspecified atom stereocenters. The minimum atomic E-state index is -4.77. The standard InChI is InChI=1S/C11H18F3NO3/c12-11(13,14)8(9(16)17)6-15-7-10(18)4-2-1-3-5-10/h8,15,18H,1-7H2,(H,16,17). The van der Waals surface area contributed by atoms with Gasteiger partial charge in [0.2, 0.25) is 0 Å². The molecule has 1 aliphatic rings. The van der Waals surface area contributed by atoms with E-state index in [0.717, 1.165) is 19.3 Å². The predicted octanol–water partition coefficient (Wildman–Crippen LogP) is 1.53. The van der Waals surface area contributed by atoms with E-state index in [1.165, 1.54) is 0 Å². The van der Waals surface area contributed by atoms with Gasteiger partial charge in [0.05, 0.1) is 5.60 Å². The average molecular weight is 269 g/mol. The van der Waals surface area contributed by atoms with Crippen molar-refractivity contribution in [3.63, 3.8) is 0 Å². The minimum Gasteiger partial charge on any atom is -0.481 e. The molecule has 0 aromatic rings. The minimum absolute atomic E-state index is 0.00681. The second-order valence-electron chi connectivity index (χ2n) is 4.85. The summed E-state index contributed by atoms with van der Waals surface area (Å²) in [7, 11) is 0. The Morgan fingerprint density at radius 2 is 1.83 bits per heavy atom. The first-order chi connectivity index (χ1) is 8.25. The normalized spacial score (nSPS) is 21.6. The monoisotopic (exact) mass is 269 g/mol. The number of rotatable bonds is 5. The fraction of sp³-hybridized carbons (Fsp3) is 0.909. The van der Waals surface area contributed by atoms with Crippen molar-refractivity contribution in [1.82, 2.24) is 5.32 Å². The summed E-state index contributed by atoms with van der Waals surface area (Å²) in [4.78, 5) is 10.5. The Labute approximate surface area is 103 Å². The molecule has 18 heavy (non-hydrogen) atoms.